The first-order valence-corrected chi connectivity index (χ1v) is 8.15. The van der Waals surface area contributed by atoms with Crippen molar-refractivity contribution in [1.29, 1.82) is 0 Å². The number of sulfonamides is 1. The fourth-order valence-corrected chi connectivity index (χ4v) is 3.08. The number of hydrogen-bond donors (Lipinski definition) is 2. The largest absolute Gasteiger partial charge is 0.469 e. The van der Waals surface area contributed by atoms with Crippen LogP contribution in [0.25, 0.3) is 0 Å². The lowest BCUT2D eigenvalue weighted by Gasteiger charge is -2.13. The Labute approximate surface area is 124 Å². The maximum absolute atomic E-state index is 12.1. The molecule has 2 rings (SSSR count). The molecule has 1 aliphatic carbocycles. The topological polar surface area (TPSA) is 92.7 Å². The second kappa shape index (κ2) is 6.13. The average molecular weight is 313 g/mol. The summed E-state index contributed by atoms with van der Waals surface area (Å²) in [6, 6.07) is 6.09. The van der Waals surface area contributed by atoms with Gasteiger partial charge in [-0.05, 0) is 30.5 Å². The molecule has 1 fully saturated rings. The summed E-state index contributed by atoms with van der Waals surface area (Å²) in [6.45, 7) is 0.239. The van der Waals surface area contributed by atoms with E-state index in [2.05, 4.69) is 9.46 Å². The summed E-state index contributed by atoms with van der Waals surface area (Å²) in [5, 5.41) is 9.19. The number of nitrogens with one attached hydrogen (secondary N) is 1. The Morgan fingerprint density at radius 2 is 1.95 bits per heavy atom. The summed E-state index contributed by atoms with van der Waals surface area (Å²) in [5.41, 5.74) is 0.410. The number of rotatable bonds is 7. The van der Waals surface area contributed by atoms with E-state index in [-0.39, 0.29) is 35.9 Å². The molecule has 1 saturated carbocycles. The highest BCUT2D eigenvalue weighted by molar-refractivity contribution is 7.89. The molecule has 0 aliphatic heterocycles. The number of methoxy groups -OCH3 is 1. The molecule has 1 aromatic rings. The van der Waals surface area contributed by atoms with Crippen molar-refractivity contribution < 1.29 is 23.1 Å². The lowest BCUT2D eigenvalue weighted by molar-refractivity contribution is -0.139. The van der Waals surface area contributed by atoms with Crippen LogP contribution >= 0.6 is 0 Å². The smallest absolute Gasteiger partial charge is 0.309 e. The summed E-state index contributed by atoms with van der Waals surface area (Å²) in [7, 11) is -2.29. The molecule has 1 aliphatic rings. The quantitative estimate of drug-likeness (QED) is 0.713. The second-order valence-electron chi connectivity index (χ2n) is 5.38. The van der Waals surface area contributed by atoms with Gasteiger partial charge in [-0.25, -0.2) is 13.1 Å². The molecule has 0 saturated heterocycles. The van der Waals surface area contributed by atoms with Crippen molar-refractivity contribution >= 4 is 16.0 Å². The standard InChI is InChI=1S/C14H19NO5S/c1-20-13(17)8-11-2-4-12(5-3-11)21(18,19)15-9-14(10-16)6-7-14/h2-5,15-16H,6-10H2,1H3. The Hall–Kier alpha value is -1.44. The third kappa shape index (κ3) is 4.03. The van der Waals surface area contributed by atoms with Gasteiger partial charge in [-0.1, -0.05) is 12.1 Å². The Morgan fingerprint density at radius 1 is 1.33 bits per heavy atom. The fraction of sp³-hybridized carbons (Fsp3) is 0.500. The highest BCUT2D eigenvalue weighted by Gasteiger charge is 2.42. The minimum absolute atomic E-state index is 0.00636. The maximum Gasteiger partial charge on any atom is 0.309 e. The van der Waals surface area contributed by atoms with Crippen molar-refractivity contribution in [3.05, 3.63) is 29.8 Å². The molecule has 0 aromatic heterocycles. The van der Waals surface area contributed by atoms with Gasteiger partial charge in [-0.3, -0.25) is 4.79 Å². The predicted molar refractivity (Wildman–Crippen MR) is 76.1 cm³/mol. The van der Waals surface area contributed by atoms with E-state index in [0.29, 0.717) is 5.56 Å². The molecule has 0 heterocycles. The average Bonchev–Trinajstić information content (AvgIpc) is 3.26. The first-order valence-electron chi connectivity index (χ1n) is 6.67. The first kappa shape index (κ1) is 15.9. The molecule has 2 N–H and O–H groups in total. The van der Waals surface area contributed by atoms with Crippen LogP contribution in [0.1, 0.15) is 18.4 Å². The van der Waals surface area contributed by atoms with E-state index in [0.717, 1.165) is 12.8 Å². The summed E-state index contributed by atoms with van der Waals surface area (Å²) < 4.78 is 31.3. The molecule has 0 bridgehead atoms. The number of carbonyl (C=O) groups excluding carboxylic acids is 1. The van der Waals surface area contributed by atoms with Crippen LogP contribution < -0.4 is 4.72 Å². The molecule has 7 heteroatoms. The van der Waals surface area contributed by atoms with Gasteiger partial charge in [0, 0.05) is 18.6 Å². The second-order valence-corrected chi connectivity index (χ2v) is 7.15. The fourth-order valence-electron chi connectivity index (χ4n) is 1.92. The number of aliphatic hydroxyl groups is 1. The van der Waals surface area contributed by atoms with Crippen LogP contribution in [0, 0.1) is 5.41 Å². The molecule has 1 aromatic carbocycles. The lowest BCUT2D eigenvalue weighted by Crippen LogP contribution is -2.31. The molecule has 6 nitrogen and oxygen atoms in total. The van der Waals surface area contributed by atoms with E-state index < -0.39 is 10.0 Å². The number of carbonyl (C=O) groups is 1. The maximum atomic E-state index is 12.1. The molecule has 0 radical (unpaired) electrons. The Balaban J connectivity index is 2.01. The predicted octanol–water partition coefficient (Wildman–Crippen LogP) is 0.453. The molecule has 0 amide bonds. The van der Waals surface area contributed by atoms with E-state index in [1.165, 1.54) is 19.2 Å². The number of aliphatic hydroxyl groups excluding tert-OH is 1. The lowest BCUT2D eigenvalue weighted by atomic mass is 10.1. The van der Waals surface area contributed by atoms with Crippen molar-refractivity contribution in [1.82, 2.24) is 4.72 Å². The summed E-state index contributed by atoms with van der Waals surface area (Å²) in [5.74, 6) is -0.373. The number of benzene rings is 1. The van der Waals surface area contributed by atoms with Crippen molar-refractivity contribution in [2.45, 2.75) is 24.2 Å². The van der Waals surface area contributed by atoms with Crippen LogP contribution in [0.2, 0.25) is 0 Å². The van der Waals surface area contributed by atoms with Crippen LogP contribution in [-0.2, 0) is 26.0 Å². The first-order chi connectivity index (χ1) is 9.91. The van der Waals surface area contributed by atoms with E-state index in [1.807, 2.05) is 0 Å². The van der Waals surface area contributed by atoms with E-state index >= 15 is 0 Å². The van der Waals surface area contributed by atoms with Gasteiger partial charge >= 0.3 is 5.97 Å². The minimum Gasteiger partial charge on any atom is -0.469 e. The van der Waals surface area contributed by atoms with Crippen molar-refractivity contribution in [3.63, 3.8) is 0 Å². The van der Waals surface area contributed by atoms with E-state index in [1.54, 1.807) is 12.1 Å². The Kier molecular flexibility index (Phi) is 4.65. The van der Waals surface area contributed by atoms with Crippen molar-refractivity contribution in [3.8, 4) is 0 Å². The highest BCUT2D eigenvalue weighted by Crippen LogP contribution is 2.44. The van der Waals surface area contributed by atoms with Gasteiger partial charge in [-0.15, -0.1) is 0 Å². The molecule has 0 atom stereocenters. The van der Waals surface area contributed by atoms with E-state index in [4.69, 9.17) is 0 Å². The van der Waals surface area contributed by atoms with Crippen LogP contribution in [0.4, 0.5) is 0 Å². The Morgan fingerprint density at radius 3 is 2.43 bits per heavy atom. The summed E-state index contributed by atoms with van der Waals surface area (Å²) in [6.07, 6.45) is 1.78. The van der Waals surface area contributed by atoms with Crippen LogP contribution in [0.3, 0.4) is 0 Å². The number of esters is 1. The zero-order chi connectivity index (χ0) is 15.5. The third-order valence-electron chi connectivity index (χ3n) is 3.74. The molecular formula is C14H19NO5S. The van der Waals surface area contributed by atoms with Crippen molar-refractivity contribution in [2.75, 3.05) is 20.3 Å². The van der Waals surface area contributed by atoms with Crippen LogP contribution in [0.15, 0.2) is 29.2 Å². The van der Waals surface area contributed by atoms with Gasteiger partial charge in [-0.2, -0.15) is 0 Å². The van der Waals surface area contributed by atoms with Gasteiger partial charge in [0.25, 0.3) is 0 Å². The van der Waals surface area contributed by atoms with Crippen LogP contribution in [0.5, 0.6) is 0 Å². The normalized spacial score (nSPS) is 16.5. The molecule has 0 unspecified atom stereocenters. The molecular weight excluding hydrogens is 294 g/mol. The van der Waals surface area contributed by atoms with Gasteiger partial charge in [0.1, 0.15) is 0 Å². The van der Waals surface area contributed by atoms with E-state index in [9.17, 15) is 18.3 Å². The Bertz CT molecular complexity index is 605. The monoisotopic (exact) mass is 313 g/mol. The summed E-state index contributed by atoms with van der Waals surface area (Å²) in [4.78, 5) is 11.3. The number of hydrogen-bond acceptors (Lipinski definition) is 5. The highest BCUT2D eigenvalue weighted by atomic mass is 32.2. The van der Waals surface area contributed by atoms with Gasteiger partial charge in [0.05, 0.1) is 18.4 Å². The van der Waals surface area contributed by atoms with Crippen molar-refractivity contribution in [2.24, 2.45) is 5.41 Å². The molecule has 0 spiro atoms. The summed E-state index contributed by atoms with van der Waals surface area (Å²) >= 11 is 0. The zero-order valence-corrected chi connectivity index (χ0v) is 12.6. The zero-order valence-electron chi connectivity index (χ0n) is 11.8. The third-order valence-corrected chi connectivity index (χ3v) is 5.16. The minimum atomic E-state index is -3.59. The number of ether oxygens (including phenoxy) is 1. The van der Waals surface area contributed by atoms with Gasteiger partial charge in [0.15, 0.2) is 0 Å². The molecule has 116 valence electrons. The van der Waals surface area contributed by atoms with Gasteiger partial charge < -0.3 is 9.84 Å². The molecule has 21 heavy (non-hydrogen) atoms. The van der Waals surface area contributed by atoms with Crippen LogP contribution in [-0.4, -0.2) is 39.8 Å². The van der Waals surface area contributed by atoms with Gasteiger partial charge in [0.2, 0.25) is 10.0 Å². The SMILES string of the molecule is COC(=O)Cc1ccc(S(=O)(=O)NCC2(CO)CC2)cc1.